The molecule has 0 aliphatic rings. The molecule has 0 heterocycles. The van der Waals surface area contributed by atoms with Crippen LogP contribution < -0.4 is 14.9 Å². The van der Waals surface area contributed by atoms with Gasteiger partial charge in [-0.25, -0.2) is 10.2 Å². The van der Waals surface area contributed by atoms with Gasteiger partial charge in [-0.2, -0.15) is 5.10 Å². The van der Waals surface area contributed by atoms with Crippen LogP contribution in [0.15, 0.2) is 84.0 Å². The average molecular weight is 495 g/mol. The van der Waals surface area contributed by atoms with Crippen molar-refractivity contribution in [3.05, 3.63) is 107 Å². The minimum atomic E-state index is -0.471. The predicted octanol–water partition coefficient (Wildman–Crippen LogP) is 6.33. The normalized spacial score (nSPS) is 11.2. The van der Waals surface area contributed by atoms with Crippen LogP contribution in [0.25, 0.3) is 10.8 Å². The van der Waals surface area contributed by atoms with Crippen LogP contribution in [0.2, 0.25) is 0 Å². The van der Waals surface area contributed by atoms with Crippen LogP contribution in [0.5, 0.6) is 11.5 Å². The van der Waals surface area contributed by atoms with Gasteiger partial charge in [0.25, 0.3) is 5.91 Å². The Morgan fingerprint density at radius 3 is 2.38 bits per heavy atom. The van der Waals surface area contributed by atoms with Crippen molar-refractivity contribution in [2.45, 2.75) is 33.6 Å². The zero-order valence-electron chi connectivity index (χ0n) is 21.4. The molecule has 4 rings (SSSR count). The van der Waals surface area contributed by atoms with Gasteiger partial charge in [0, 0.05) is 5.56 Å². The second kappa shape index (κ2) is 11.5. The lowest BCUT2D eigenvalue weighted by Crippen LogP contribution is -2.25. The number of nitrogens with one attached hydrogen (secondary N) is 1. The first-order valence-electron chi connectivity index (χ1n) is 12.2. The molecule has 0 fully saturated rings. The van der Waals surface area contributed by atoms with E-state index in [-0.39, 0.29) is 12.5 Å². The van der Waals surface area contributed by atoms with E-state index in [9.17, 15) is 9.59 Å². The lowest BCUT2D eigenvalue weighted by Gasteiger charge is -2.14. The molecule has 1 N–H and O–H groups in total. The Balaban J connectivity index is 1.50. The molecule has 0 aliphatic carbocycles. The summed E-state index contributed by atoms with van der Waals surface area (Å²) < 4.78 is 11.5. The molecular formula is C31H30N2O4. The van der Waals surface area contributed by atoms with Gasteiger partial charge in [0.15, 0.2) is 6.61 Å². The fourth-order valence-corrected chi connectivity index (χ4v) is 3.93. The third-order valence-corrected chi connectivity index (χ3v) is 5.95. The van der Waals surface area contributed by atoms with Crippen molar-refractivity contribution < 1.29 is 19.1 Å². The molecule has 0 spiro atoms. The maximum Gasteiger partial charge on any atom is 0.343 e. The van der Waals surface area contributed by atoms with E-state index in [0.717, 1.165) is 27.5 Å². The molecule has 0 atom stereocenters. The molecule has 6 heteroatoms. The first-order valence-corrected chi connectivity index (χ1v) is 12.2. The highest BCUT2D eigenvalue weighted by atomic mass is 16.5. The van der Waals surface area contributed by atoms with Crippen LogP contribution in [0.1, 0.15) is 52.4 Å². The number of ether oxygens (including phenoxy) is 2. The van der Waals surface area contributed by atoms with Crippen LogP contribution in [0, 0.1) is 13.8 Å². The number of hydrogen-bond donors (Lipinski definition) is 1. The number of amides is 1. The van der Waals surface area contributed by atoms with Crippen LogP contribution in [0.3, 0.4) is 0 Å². The Morgan fingerprint density at radius 2 is 1.62 bits per heavy atom. The monoisotopic (exact) mass is 494 g/mol. The quantitative estimate of drug-likeness (QED) is 0.134. The number of hydrazone groups is 1. The molecule has 37 heavy (non-hydrogen) atoms. The van der Waals surface area contributed by atoms with Crippen molar-refractivity contribution in [1.82, 2.24) is 5.43 Å². The van der Waals surface area contributed by atoms with Crippen LogP contribution in [0.4, 0.5) is 0 Å². The van der Waals surface area contributed by atoms with Crippen molar-refractivity contribution >= 4 is 28.9 Å². The largest absolute Gasteiger partial charge is 0.483 e. The Bertz CT molecular complexity index is 1460. The summed E-state index contributed by atoms with van der Waals surface area (Å²) in [6.45, 7) is 7.92. The lowest BCUT2D eigenvalue weighted by molar-refractivity contribution is -0.123. The number of benzene rings is 4. The zero-order chi connectivity index (χ0) is 26.4. The minimum absolute atomic E-state index is 0.175. The van der Waals surface area contributed by atoms with Crippen molar-refractivity contribution in [3.63, 3.8) is 0 Å². The minimum Gasteiger partial charge on any atom is -0.483 e. The van der Waals surface area contributed by atoms with Gasteiger partial charge >= 0.3 is 5.97 Å². The van der Waals surface area contributed by atoms with E-state index in [1.54, 1.807) is 18.2 Å². The standard InChI is InChI=1S/C31H30N2O4/c1-20(2)25-15-11-22(4)17-29(25)36-19-30(34)33-32-18-27-26-8-6-5-7-23(26)14-16-28(27)37-31(35)24-12-9-21(3)10-13-24/h5-18,20H,19H2,1-4H3,(H,33,34). The molecule has 188 valence electrons. The third kappa shape index (κ3) is 6.41. The molecule has 4 aromatic rings. The number of fused-ring (bicyclic) bond motifs is 1. The molecule has 1 amide bonds. The summed E-state index contributed by atoms with van der Waals surface area (Å²) >= 11 is 0. The van der Waals surface area contributed by atoms with E-state index in [0.29, 0.717) is 22.6 Å². The van der Waals surface area contributed by atoms with Crippen molar-refractivity contribution in [2.75, 3.05) is 6.61 Å². The fraction of sp³-hybridized carbons (Fsp3) is 0.194. The Kier molecular flexibility index (Phi) is 7.98. The van der Waals surface area contributed by atoms with Crippen LogP contribution in [-0.4, -0.2) is 24.7 Å². The van der Waals surface area contributed by atoms with Gasteiger partial charge in [0.2, 0.25) is 0 Å². The second-order valence-corrected chi connectivity index (χ2v) is 9.23. The van der Waals surface area contributed by atoms with Gasteiger partial charge in [0.1, 0.15) is 11.5 Å². The summed E-state index contributed by atoms with van der Waals surface area (Å²) in [7, 11) is 0. The summed E-state index contributed by atoms with van der Waals surface area (Å²) in [6, 6.07) is 24.4. The van der Waals surface area contributed by atoms with E-state index in [2.05, 4.69) is 24.4 Å². The first kappa shape index (κ1) is 25.6. The number of aryl methyl sites for hydroxylation is 2. The molecule has 0 aliphatic heterocycles. The molecule has 0 bridgehead atoms. The summed E-state index contributed by atoms with van der Waals surface area (Å²) in [4.78, 5) is 25.2. The van der Waals surface area contributed by atoms with Gasteiger partial charge in [-0.1, -0.05) is 74.0 Å². The maximum atomic E-state index is 12.8. The van der Waals surface area contributed by atoms with Crippen LogP contribution in [-0.2, 0) is 4.79 Å². The Morgan fingerprint density at radius 1 is 0.892 bits per heavy atom. The molecule has 0 unspecified atom stereocenters. The molecule has 0 saturated carbocycles. The number of esters is 1. The Labute approximate surface area is 216 Å². The molecule has 4 aromatic carbocycles. The molecule has 0 aromatic heterocycles. The SMILES string of the molecule is Cc1ccc(C(=O)Oc2ccc3ccccc3c2C=NNC(=O)COc2cc(C)ccc2C(C)C)cc1. The van der Waals surface area contributed by atoms with E-state index < -0.39 is 11.9 Å². The molecular weight excluding hydrogens is 464 g/mol. The smallest absolute Gasteiger partial charge is 0.343 e. The molecule has 6 nitrogen and oxygen atoms in total. The highest BCUT2D eigenvalue weighted by Crippen LogP contribution is 2.28. The van der Waals surface area contributed by atoms with Crippen molar-refractivity contribution in [1.29, 1.82) is 0 Å². The number of nitrogens with zero attached hydrogens (tertiary/aromatic N) is 1. The second-order valence-electron chi connectivity index (χ2n) is 9.23. The highest BCUT2D eigenvalue weighted by Gasteiger charge is 2.14. The van der Waals surface area contributed by atoms with E-state index in [1.165, 1.54) is 6.21 Å². The first-order chi connectivity index (χ1) is 17.8. The molecule has 0 saturated heterocycles. The number of rotatable bonds is 8. The third-order valence-electron chi connectivity index (χ3n) is 5.95. The fourth-order valence-electron chi connectivity index (χ4n) is 3.93. The van der Waals surface area contributed by atoms with Gasteiger partial charge in [-0.3, -0.25) is 4.79 Å². The van der Waals surface area contributed by atoms with Crippen molar-refractivity contribution in [3.8, 4) is 11.5 Å². The van der Waals surface area contributed by atoms with Gasteiger partial charge in [0.05, 0.1) is 11.8 Å². The number of carbonyl (C=O) groups excluding carboxylic acids is 2. The summed E-state index contributed by atoms with van der Waals surface area (Å²) in [5.74, 6) is 0.435. The van der Waals surface area contributed by atoms with Crippen LogP contribution >= 0.6 is 0 Å². The van der Waals surface area contributed by atoms with Crippen molar-refractivity contribution in [2.24, 2.45) is 5.10 Å². The highest BCUT2D eigenvalue weighted by molar-refractivity contribution is 6.04. The summed E-state index contributed by atoms with van der Waals surface area (Å²) in [5, 5.41) is 5.93. The van der Waals surface area contributed by atoms with E-state index >= 15 is 0 Å². The van der Waals surface area contributed by atoms with Gasteiger partial charge in [-0.05, 0) is 65.9 Å². The van der Waals surface area contributed by atoms with E-state index in [1.807, 2.05) is 74.5 Å². The average Bonchev–Trinajstić information content (AvgIpc) is 2.88. The molecule has 0 radical (unpaired) electrons. The lowest BCUT2D eigenvalue weighted by atomic mass is 10.0. The predicted molar refractivity (Wildman–Crippen MR) is 147 cm³/mol. The summed E-state index contributed by atoms with van der Waals surface area (Å²) in [5.41, 5.74) is 6.69. The maximum absolute atomic E-state index is 12.8. The van der Waals surface area contributed by atoms with E-state index in [4.69, 9.17) is 9.47 Å². The topological polar surface area (TPSA) is 77.0 Å². The summed E-state index contributed by atoms with van der Waals surface area (Å²) in [6.07, 6.45) is 1.49. The van der Waals surface area contributed by atoms with Gasteiger partial charge < -0.3 is 9.47 Å². The zero-order valence-corrected chi connectivity index (χ0v) is 21.4. The van der Waals surface area contributed by atoms with Gasteiger partial charge in [-0.15, -0.1) is 0 Å². The number of carbonyl (C=O) groups is 2. The number of hydrogen-bond acceptors (Lipinski definition) is 5. The Hall–Kier alpha value is -4.45.